The van der Waals surface area contributed by atoms with E-state index in [1.165, 1.54) is 60.9 Å². The van der Waals surface area contributed by atoms with Gasteiger partial charge in [-0.2, -0.15) is 0 Å². The zero-order valence-electron chi connectivity index (χ0n) is 15.1. The van der Waals surface area contributed by atoms with E-state index in [1.807, 2.05) is 0 Å². The van der Waals surface area contributed by atoms with Gasteiger partial charge < -0.3 is 5.73 Å². The van der Waals surface area contributed by atoms with E-state index in [1.54, 1.807) is 11.3 Å². The molecule has 1 saturated carbocycles. The summed E-state index contributed by atoms with van der Waals surface area (Å²) in [6.45, 7) is 4.43. The normalized spacial score (nSPS) is 16.6. The fourth-order valence-electron chi connectivity index (χ4n) is 3.68. The second-order valence-corrected chi connectivity index (χ2v) is 8.50. The van der Waals surface area contributed by atoms with Crippen molar-refractivity contribution in [1.82, 2.24) is 4.98 Å². The molecule has 130 valence electrons. The molecule has 1 aliphatic rings. The second kappa shape index (κ2) is 7.79. The first-order valence-electron chi connectivity index (χ1n) is 9.48. The number of thiazole rings is 1. The number of hydrogen-bond acceptors (Lipinski definition) is 3. The highest BCUT2D eigenvalue weighted by Gasteiger charge is 2.34. The SMILES string of the molecule is CCCCCCc1ccc(-c2nc(C3(N)CCCC3)sc2C)cc1. The first-order valence-corrected chi connectivity index (χ1v) is 10.3. The van der Waals surface area contributed by atoms with E-state index < -0.39 is 0 Å². The maximum atomic E-state index is 6.59. The van der Waals surface area contributed by atoms with Gasteiger partial charge in [-0.05, 0) is 38.2 Å². The Morgan fingerprint density at radius 3 is 2.46 bits per heavy atom. The topological polar surface area (TPSA) is 38.9 Å². The third-order valence-corrected chi connectivity index (χ3v) is 6.46. The van der Waals surface area contributed by atoms with Gasteiger partial charge in [0.25, 0.3) is 0 Å². The molecule has 0 unspecified atom stereocenters. The minimum Gasteiger partial charge on any atom is -0.319 e. The van der Waals surface area contributed by atoms with E-state index in [-0.39, 0.29) is 5.54 Å². The van der Waals surface area contributed by atoms with Crippen molar-refractivity contribution in [2.24, 2.45) is 5.73 Å². The van der Waals surface area contributed by atoms with Crippen molar-refractivity contribution < 1.29 is 0 Å². The van der Waals surface area contributed by atoms with Gasteiger partial charge in [0.15, 0.2) is 0 Å². The molecule has 1 aliphatic carbocycles. The monoisotopic (exact) mass is 342 g/mol. The molecule has 0 saturated heterocycles. The summed E-state index contributed by atoms with van der Waals surface area (Å²) in [6, 6.07) is 9.01. The summed E-state index contributed by atoms with van der Waals surface area (Å²) in [6.07, 6.45) is 11.1. The Hall–Kier alpha value is -1.19. The van der Waals surface area contributed by atoms with Crippen molar-refractivity contribution in [1.29, 1.82) is 0 Å². The lowest BCUT2D eigenvalue weighted by Gasteiger charge is -2.19. The molecule has 1 fully saturated rings. The number of hydrogen-bond donors (Lipinski definition) is 1. The predicted molar refractivity (Wildman–Crippen MR) is 104 cm³/mol. The summed E-state index contributed by atoms with van der Waals surface area (Å²) in [5, 5.41) is 1.14. The van der Waals surface area contributed by atoms with Crippen molar-refractivity contribution in [3.8, 4) is 11.3 Å². The average molecular weight is 343 g/mol. The van der Waals surface area contributed by atoms with Crippen LogP contribution in [0, 0.1) is 6.92 Å². The molecule has 0 amide bonds. The van der Waals surface area contributed by atoms with Crippen molar-refractivity contribution in [2.45, 2.75) is 77.2 Å². The van der Waals surface area contributed by atoms with Gasteiger partial charge in [-0.15, -0.1) is 11.3 Å². The Kier molecular flexibility index (Phi) is 5.72. The fourth-order valence-corrected chi connectivity index (χ4v) is 4.78. The minimum absolute atomic E-state index is 0.174. The molecule has 2 N–H and O–H groups in total. The lowest BCUT2D eigenvalue weighted by molar-refractivity contribution is 0.459. The highest BCUT2D eigenvalue weighted by Crippen LogP contribution is 2.40. The van der Waals surface area contributed by atoms with E-state index in [2.05, 4.69) is 38.1 Å². The second-order valence-electron chi connectivity index (χ2n) is 7.29. The van der Waals surface area contributed by atoms with Crippen LogP contribution < -0.4 is 5.73 Å². The molecule has 24 heavy (non-hydrogen) atoms. The van der Waals surface area contributed by atoms with Gasteiger partial charge >= 0.3 is 0 Å². The molecule has 0 atom stereocenters. The first kappa shape index (κ1) is 17.6. The fraction of sp³-hybridized carbons (Fsp3) is 0.571. The molecule has 2 aromatic rings. The molecule has 1 aromatic carbocycles. The van der Waals surface area contributed by atoms with Gasteiger partial charge in [0.2, 0.25) is 0 Å². The summed E-state index contributed by atoms with van der Waals surface area (Å²) in [4.78, 5) is 6.23. The van der Waals surface area contributed by atoms with Gasteiger partial charge in [-0.25, -0.2) is 4.98 Å². The maximum absolute atomic E-state index is 6.59. The number of nitrogens with two attached hydrogens (primary N) is 1. The van der Waals surface area contributed by atoms with Gasteiger partial charge in [-0.1, -0.05) is 63.3 Å². The number of benzene rings is 1. The summed E-state index contributed by atoms with van der Waals surface area (Å²) in [5.41, 5.74) is 10.2. The number of nitrogens with zero attached hydrogens (tertiary/aromatic N) is 1. The van der Waals surface area contributed by atoms with Crippen LogP contribution in [0.3, 0.4) is 0 Å². The predicted octanol–water partition coefficient (Wildman–Crippen LogP) is 5.97. The highest BCUT2D eigenvalue weighted by atomic mass is 32.1. The molecule has 1 heterocycles. The zero-order chi connectivity index (χ0) is 17.0. The van der Waals surface area contributed by atoms with Crippen molar-refractivity contribution in [3.63, 3.8) is 0 Å². The van der Waals surface area contributed by atoms with E-state index in [0.29, 0.717) is 0 Å². The Morgan fingerprint density at radius 2 is 1.79 bits per heavy atom. The van der Waals surface area contributed by atoms with E-state index in [4.69, 9.17) is 10.7 Å². The largest absolute Gasteiger partial charge is 0.319 e. The quantitative estimate of drug-likeness (QED) is 0.630. The van der Waals surface area contributed by atoms with Gasteiger partial charge in [-0.3, -0.25) is 0 Å². The minimum atomic E-state index is -0.174. The van der Waals surface area contributed by atoms with Crippen LogP contribution in [0.15, 0.2) is 24.3 Å². The van der Waals surface area contributed by atoms with Crippen LogP contribution in [-0.2, 0) is 12.0 Å². The first-order chi connectivity index (χ1) is 11.6. The molecular weight excluding hydrogens is 312 g/mol. The van der Waals surface area contributed by atoms with Gasteiger partial charge in [0.05, 0.1) is 11.2 Å². The molecule has 0 bridgehead atoms. The Labute approximate surface area is 150 Å². The molecule has 2 nitrogen and oxygen atoms in total. The van der Waals surface area contributed by atoms with Gasteiger partial charge in [0.1, 0.15) is 5.01 Å². The molecule has 0 radical (unpaired) electrons. The van der Waals surface area contributed by atoms with Crippen LogP contribution in [0.5, 0.6) is 0 Å². The summed E-state index contributed by atoms with van der Waals surface area (Å²) >= 11 is 1.79. The molecule has 1 aromatic heterocycles. The Balaban J connectivity index is 1.71. The Bertz CT molecular complexity index is 651. The van der Waals surface area contributed by atoms with Crippen LogP contribution >= 0.6 is 11.3 Å². The number of rotatable bonds is 7. The van der Waals surface area contributed by atoms with Crippen LogP contribution in [-0.4, -0.2) is 4.98 Å². The van der Waals surface area contributed by atoms with Crippen molar-refractivity contribution >= 4 is 11.3 Å². The highest BCUT2D eigenvalue weighted by molar-refractivity contribution is 7.12. The molecule has 0 spiro atoms. The number of unbranched alkanes of at least 4 members (excludes halogenated alkanes) is 3. The number of aromatic nitrogens is 1. The number of aryl methyl sites for hydroxylation is 2. The summed E-state index contributed by atoms with van der Waals surface area (Å²) < 4.78 is 0. The standard InChI is InChI=1S/C21H30N2S/c1-3-4-5-6-9-17-10-12-18(13-11-17)19-16(2)24-20(23-19)21(22)14-7-8-15-21/h10-13H,3-9,14-15,22H2,1-2H3. The van der Waals surface area contributed by atoms with Crippen molar-refractivity contribution in [2.75, 3.05) is 0 Å². The van der Waals surface area contributed by atoms with E-state index in [9.17, 15) is 0 Å². The average Bonchev–Trinajstić information content (AvgIpc) is 3.20. The third kappa shape index (κ3) is 3.89. The van der Waals surface area contributed by atoms with Crippen LogP contribution in [0.25, 0.3) is 11.3 Å². The molecule has 0 aliphatic heterocycles. The van der Waals surface area contributed by atoms with E-state index in [0.717, 1.165) is 23.5 Å². The Morgan fingerprint density at radius 1 is 1.08 bits per heavy atom. The lowest BCUT2D eigenvalue weighted by Crippen LogP contribution is -2.32. The van der Waals surface area contributed by atoms with Crippen LogP contribution in [0.1, 0.15) is 73.7 Å². The smallest absolute Gasteiger partial charge is 0.113 e. The van der Waals surface area contributed by atoms with Crippen LogP contribution in [0.4, 0.5) is 0 Å². The molecule has 3 heteroatoms. The third-order valence-electron chi connectivity index (χ3n) is 5.26. The summed E-state index contributed by atoms with van der Waals surface area (Å²) in [7, 11) is 0. The van der Waals surface area contributed by atoms with Crippen LogP contribution in [0.2, 0.25) is 0 Å². The summed E-state index contributed by atoms with van der Waals surface area (Å²) in [5.74, 6) is 0. The zero-order valence-corrected chi connectivity index (χ0v) is 15.9. The lowest BCUT2D eigenvalue weighted by atomic mass is 10.0. The molecular formula is C21H30N2S. The van der Waals surface area contributed by atoms with Gasteiger partial charge in [0, 0.05) is 10.4 Å². The molecule has 3 rings (SSSR count). The van der Waals surface area contributed by atoms with Crippen molar-refractivity contribution in [3.05, 3.63) is 39.7 Å². The van der Waals surface area contributed by atoms with E-state index >= 15 is 0 Å². The maximum Gasteiger partial charge on any atom is 0.113 e.